The van der Waals surface area contributed by atoms with Gasteiger partial charge in [0.1, 0.15) is 11.6 Å². The molecule has 0 aliphatic heterocycles. The van der Waals surface area contributed by atoms with E-state index in [-0.39, 0.29) is 11.8 Å². The third-order valence-electron chi connectivity index (χ3n) is 2.73. The van der Waals surface area contributed by atoms with Crippen molar-refractivity contribution in [2.24, 2.45) is 0 Å². The summed E-state index contributed by atoms with van der Waals surface area (Å²) in [5.74, 6) is 1.12. The molecule has 0 saturated heterocycles. The van der Waals surface area contributed by atoms with Crippen molar-refractivity contribution in [1.82, 2.24) is 15.2 Å². The second-order valence-electron chi connectivity index (χ2n) is 4.19. The molecule has 3 rings (SSSR count). The quantitative estimate of drug-likeness (QED) is 0.740. The van der Waals surface area contributed by atoms with Gasteiger partial charge in [-0.25, -0.2) is 4.39 Å². The van der Waals surface area contributed by atoms with Crippen LogP contribution in [0.2, 0.25) is 0 Å². The van der Waals surface area contributed by atoms with Crippen LogP contribution in [0.5, 0.6) is 0 Å². The van der Waals surface area contributed by atoms with Crippen LogP contribution in [0.3, 0.4) is 0 Å². The van der Waals surface area contributed by atoms with E-state index in [0.29, 0.717) is 22.9 Å². The van der Waals surface area contributed by atoms with Crippen molar-refractivity contribution in [3.05, 3.63) is 41.7 Å². The maximum atomic E-state index is 13.8. The predicted octanol–water partition coefficient (Wildman–Crippen LogP) is 2.76. The molecule has 0 amide bonds. The van der Waals surface area contributed by atoms with Gasteiger partial charge < -0.3 is 10.2 Å². The minimum atomic E-state index is -0.321. The van der Waals surface area contributed by atoms with Gasteiger partial charge in [0.15, 0.2) is 11.6 Å². The zero-order valence-corrected chi connectivity index (χ0v) is 10.1. The normalized spacial score (nSPS) is 10.8. The summed E-state index contributed by atoms with van der Waals surface area (Å²) in [4.78, 5) is 3.95. The lowest BCUT2D eigenvalue weighted by Gasteiger charge is -2.00. The number of benzene rings is 1. The van der Waals surface area contributed by atoms with E-state index in [1.165, 1.54) is 6.07 Å². The Hall–Kier alpha value is -2.63. The monoisotopic (exact) mass is 258 g/mol. The van der Waals surface area contributed by atoms with Gasteiger partial charge in [-0.3, -0.25) is 5.10 Å². The van der Waals surface area contributed by atoms with Crippen molar-refractivity contribution in [3.8, 4) is 22.9 Å². The van der Waals surface area contributed by atoms with Gasteiger partial charge in [-0.15, -0.1) is 5.10 Å². The lowest BCUT2D eigenvalue weighted by molar-refractivity contribution is 0.577. The number of nitrogen functional groups attached to an aromatic ring is 1. The number of anilines is 1. The van der Waals surface area contributed by atoms with E-state index >= 15 is 0 Å². The Bertz CT molecular complexity index is 732. The molecule has 0 unspecified atom stereocenters. The number of rotatable bonds is 2. The summed E-state index contributed by atoms with van der Waals surface area (Å²) < 4.78 is 19.4. The Morgan fingerprint density at radius 2 is 2.00 bits per heavy atom. The first-order chi connectivity index (χ1) is 9.13. The number of halogens is 1. The Labute approximate surface area is 108 Å². The van der Waals surface area contributed by atoms with Gasteiger partial charge in [-0.1, -0.05) is 6.07 Å². The second kappa shape index (κ2) is 4.24. The smallest absolute Gasteiger partial charge is 0.239 e. The highest BCUT2D eigenvalue weighted by Gasteiger charge is 2.13. The van der Waals surface area contributed by atoms with Crippen LogP contribution in [0.1, 0.15) is 5.56 Å². The van der Waals surface area contributed by atoms with E-state index in [4.69, 9.17) is 10.2 Å². The number of aryl methyl sites for hydroxylation is 1. The minimum absolute atomic E-state index is 0.134. The molecule has 0 saturated carbocycles. The minimum Gasteiger partial charge on any atom is -0.453 e. The number of nitrogens with zero attached hydrogens (tertiary/aromatic N) is 2. The van der Waals surface area contributed by atoms with Crippen LogP contribution in [-0.4, -0.2) is 15.2 Å². The van der Waals surface area contributed by atoms with Crippen LogP contribution in [0, 0.1) is 12.7 Å². The number of hydrogen-bond donors (Lipinski definition) is 2. The summed E-state index contributed by atoms with van der Waals surface area (Å²) >= 11 is 0. The van der Waals surface area contributed by atoms with E-state index in [1.807, 2.05) is 13.0 Å². The van der Waals surface area contributed by atoms with Crippen LogP contribution in [0.15, 0.2) is 34.7 Å². The highest BCUT2D eigenvalue weighted by Crippen LogP contribution is 2.29. The fourth-order valence-corrected chi connectivity index (χ4v) is 1.81. The standard InChI is InChI=1S/C13H11FN4O/c1-7-2-3-8(9(14)6-7)10-4-5-11(19-10)12-16-13(15)18-17-12/h2-6H,1H3,(H3,15,16,17,18). The van der Waals surface area contributed by atoms with Crippen molar-refractivity contribution in [3.63, 3.8) is 0 Å². The van der Waals surface area contributed by atoms with Crippen molar-refractivity contribution in [2.45, 2.75) is 6.92 Å². The predicted molar refractivity (Wildman–Crippen MR) is 68.6 cm³/mol. The highest BCUT2D eigenvalue weighted by molar-refractivity contribution is 5.62. The molecule has 0 aliphatic carbocycles. The summed E-state index contributed by atoms with van der Waals surface area (Å²) in [6.45, 7) is 1.83. The molecular weight excluding hydrogens is 247 g/mol. The largest absolute Gasteiger partial charge is 0.453 e. The second-order valence-corrected chi connectivity index (χ2v) is 4.19. The lowest BCUT2D eigenvalue weighted by Crippen LogP contribution is -1.85. The summed E-state index contributed by atoms with van der Waals surface area (Å²) in [5, 5.41) is 6.35. The summed E-state index contributed by atoms with van der Waals surface area (Å²) in [6.07, 6.45) is 0. The summed E-state index contributed by atoms with van der Waals surface area (Å²) in [7, 11) is 0. The Morgan fingerprint density at radius 1 is 1.21 bits per heavy atom. The van der Waals surface area contributed by atoms with E-state index in [2.05, 4.69) is 15.2 Å². The maximum Gasteiger partial charge on any atom is 0.239 e. The topological polar surface area (TPSA) is 80.7 Å². The third kappa shape index (κ3) is 2.08. The molecule has 0 radical (unpaired) electrons. The molecule has 1 aromatic carbocycles. The molecule has 2 aromatic heterocycles. The summed E-state index contributed by atoms with van der Waals surface area (Å²) in [6, 6.07) is 8.34. The van der Waals surface area contributed by atoms with Crippen LogP contribution in [0.25, 0.3) is 22.9 Å². The Balaban J connectivity index is 2.01. The molecule has 3 N–H and O–H groups in total. The van der Waals surface area contributed by atoms with Crippen molar-refractivity contribution < 1.29 is 8.81 Å². The first-order valence-corrected chi connectivity index (χ1v) is 5.68. The average Bonchev–Trinajstić information content (AvgIpc) is 2.97. The number of hydrogen-bond acceptors (Lipinski definition) is 4. The van der Waals surface area contributed by atoms with Gasteiger partial charge >= 0.3 is 0 Å². The van der Waals surface area contributed by atoms with Gasteiger partial charge in [-0.2, -0.15) is 4.98 Å². The molecule has 0 fully saturated rings. The SMILES string of the molecule is Cc1ccc(-c2ccc(-c3nc(N)n[nH]3)o2)c(F)c1. The zero-order valence-electron chi connectivity index (χ0n) is 10.1. The summed E-state index contributed by atoms with van der Waals surface area (Å²) in [5.41, 5.74) is 6.68. The van der Waals surface area contributed by atoms with Crippen LogP contribution < -0.4 is 5.73 Å². The first-order valence-electron chi connectivity index (χ1n) is 5.68. The Kier molecular flexibility index (Phi) is 2.56. The molecular formula is C13H11FN4O. The molecule has 5 nitrogen and oxygen atoms in total. The maximum absolute atomic E-state index is 13.8. The molecule has 3 aromatic rings. The molecule has 0 aliphatic rings. The van der Waals surface area contributed by atoms with E-state index in [0.717, 1.165) is 5.56 Å². The molecule has 6 heteroatoms. The number of nitrogens with one attached hydrogen (secondary N) is 1. The molecule has 2 heterocycles. The molecule has 96 valence electrons. The van der Waals surface area contributed by atoms with E-state index < -0.39 is 0 Å². The third-order valence-corrected chi connectivity index (χ3v) is 2.73. The van der Waals surface area contributed by atoms with Gasteiger partial charge in [-0.05, 0) is 36.8 Å². The first kappa shape index (κ1) is 11.5. The van der Waals surface area contributed by atoms with Gasteiger partial charge in [0.2, 0.25) is 5.95 Å². The van der Waals surface area contributed by atoms with Crippen LogP contribution >= 0.6 is 0 Å². The number of H-pyrrole nitrogens is 1. The number of furan rings is 1. The van der Waals surface area contributed by atoms with Crippen molar-refractivity contribution in [2.75, 3.05) is 5.73 Å². The van der Waals surface area contributed by atoms with Crippen molar-refractivity contribution >= 4 is 5.95 Å². The lowest BCUT2D eigenvalue weighted by atomic mass is 10.1. The zero-order chi connectivity index (χ0) is 13.4. The van der Waals surface area contributed by atoms with Crippen LogP contribution in [-0.2, 0) is 0 Å². The number of aromatic amines is 1. The fraction of sp³-hybridized carbons (Fsp3) is 0.0769. The number of aromatic nitrogens is 3. The molecule has 0 spiro atoms. The van der Waals surface area contributed by atoms with Gasteiger partial charge in [0.05, 0.1) is 5.56 Å². The molecule has 19 heavy (non-hydrogen) atoms. The van der Waals surface area contributed by atoms with Crippen LogP contribution in [0.4, 0.5) is 10.3 Å². The van der Waals surface area contributed by atoms with Gasteiger partial charge in [0.25, 0.3) is 0 Å². The number of nitrogens with two attached hydrogens (primary N) is 1. The van der Waals surface area contributed by atoms with E-state index in [1.54, 1.807) is 18.2 Å². The Morgan fingerprint density at radius 3 is 2.68 bits per heavy atom. The average molecular weight is 258 g/mol. The molecule has 0 bridgehead atoms. The molecule has 0 atom stereocenters. The highest BCUT2D eigenvalue weighted by atomic mass is 19.1. The van der Waals surface area contributed by atoms with Gasteiger partial charge in [0, 0.05) is 0 Å². The fourth-order valence-electron chi connectivity index (χ4n) is 1.81. The van der Waals surface area contributed by atoms with Crippen molar-refractivity contribution in [1.29, 1.82) is 0 Å². The van der Waals surface area contributed by atoms with E-state index in [9.17, 15) is 4.39 Å².